The summed E-state index contributed by atoms with van der Waals surface area (Å²) in [6.45, 7) is 3.99. The second kappa shape index (κ2) is 6.79. The molecule has 20 heavy (non-hydrogen) atoms. The van der Waals surface area contributed by atoms with Gasteiger partial charge < -0.3 is 20.7 Å². The van der Waals surface area contributed by atoms with Gasteiger partial charge in [-0.3, -0.25) is 4.79 Å². The number of carbonyl (C=O) groups excluding carboxylic acids is 2. The van der Waals surface area contributed by atoms with Gasteiger partial charge in [0.1, 0.15) is 0 Å². The Morgan fingerprint density at radius 3 is 2.55 bits per heavy atom. The molecule has 0 saturated heterocycles. The van der Waals surface area contributed by atoms with Crippen molar-refractivity contribution in [2.75, 3.05) is 31.3 Å². The molecule has 0 heterocycles. The number of anilines is 2. The van der Waals surface area contributed by atoms with E-state index in [9.17, 15) is 9.59 Å². The van der Waals surface area contributed by atoms with Crippen molar-refractivity contribution in [2.24, 2.45) is 0 Å². The number of hydrogen-bond donors (Lipinski definition) is 2. The minimum atomic E-state index is -0.441. The van der Waals surface area contributed by atoms with Gasteiger partial charge in [0.25, 0.3) is 0 Å². The van der Waals surface area contributed by atoms with Gasteiger partial charge in [-0.15, -0.1) is 0 Å². The third-order valence-electron chi connectivity index (χ3n) is 2.69. The standard InChI is InChI=1S/C14H21N3O3/c1-9(2)16-13(18)8-17(3)12-6-5-10(7-11(12)15)14(19)20-4/h5-7,9H,8,15H2,1-4H3,(H,16,18). The molecule has 0 aromatic heterocycles. The fourth-order valence-corrected chi connectivity index (χ4v) is 1.82. The molecule has 0 saturated carbocycles. The number of benzene rings is 1. The summed E-state index contributed by atoms with van der Waals surface area (Å²) in [7, 11) is 3.08. The number of hydrogen-bond acceptors (Lipinski definition) is 5. The van der Waals surface area contributed by atoms with Gasteiger partial charge in [-0.25, -0.2) is 4.79 Å². The summed E-state index contributed by atoms with van der Waals surface area (Å²) in [5, 5.41) is 2.81. The third kappa shape index (κ3) is 4.15. The van der Waals surface area contributed by atoms with E-state index in [-0.39, 0.29) is 18.5 Å². The fourth-order valence-electron chi connectivity index (χ4n) is 1.82. The van der Waals surface area contributed by atoms with Crippen LogP contribution >= 0.6 is 0 Å². The molecular formula is C14H21N3O3. The Kier molecular flexibility index (Phi) is 5.37. The fraction of sp³-hybridized carbons (Fsp3) is 0.429. The number of nitrogens with two attached hydrogens (primary N) is 1. The van der Waals surface area contributed by atoms with Crippen LogP contribution in [-0.2, 0) is 9.53 Å². The molecule has 110 valence electrons. The first-order valence-electron chi connectivity index (χ1n) is 6.33. The summed E-state index contributed by atoms with van der Waals surface area (Å²) in [4.78, 5) is 24.8. The molecule has 6 heteroatoms. The van der Waals surface area contributed by atoms with E-state index in [0.29, 0.717) is 16.9 Å². The molecule has 0 spiro atoms. The normalized spacial score (nSPS) is 10.2. The van der Waals surface area contributed by atoms with E-state index >= 15 is 0 Å². The Bertz CT molecular complexity index is 500. The van der Waals surface area contributed by atoms with Crippen molar-refractivity contribution >= 4 is 23.3 Å². The molecule has 0 unspecified atom stereocenters. The van der Waals surface area contributed by atoms with Crippen LogP contribution in [0.4, 0.5) is 11.4 Å². The summed E-state index contributed by atoms with van der Waals surface area (Å²) in [5.74, 6) is -0.526. The molecule has 1 amide bonds. The lowest BCUT2D eigenvalue weighted by Crippen LogP contribution is -2.38. The summed E-state index contributed by atoms with van der Waals surface area (Å²) < 4.78 is 4.63. The van der Waals surface area contributed by atoms with Gasteiger partial charge in [-0.1, -0.05) is 0 Å². The third-order valence-corrected chi connectivity index (χ3v) is 2.69. The quantitative estimate of drug-likeness (QED) is 0.621. The van der Waals surface area contributed by atoms with Crippen LogP contribution in [0.3, 0.4) is 0 Å². The van der Waals surface area contributed by atoms with Crippen molar-refractivity contribution in [1.29, 1.82) is 0 Å². The molecule has 0 fully saturated rings. The summed E-state index contributed by atoms with van der Waals surface area (Å²) in [6.07, 6.45) is 0. The Morgan fingerprint density at radius 2 is 2.05 bits per heavy atom. The molecule has 1 rings (SSSR count). The average Bonchev–Trinajstić information content (AvgIpc) is 2.36. The summed E-state index contributed by atoms with van der Waals surface area (Å²) >= 11 is 0. The molecular weight excluding hydrogens is 258 g/mol. The number of ether oxygens (including phenoxy) is 1. The van der Waals surface area contributed by atoms with Gasteiger partial charge in [-0.05, 0) is 32.0 Å². The van der Waals surface area contributed by atoms with Crippen LogP contribution in [0.5, 0.6) is 0 Å². The van der Waals surface area contributed by atoms with Crippen LogP contribution in [0.25, 0.3) is 0 Å². The molecule has 6 nitrogen and oxygen atoms in total. The maximum atomic E-state index is 11.7. The van der Waals surface area contributed by atoms with Gasteiger partial charge in [-0.2, -0.15) is 0 Å². The molecule has 0 atom stereocenters. The number of nitrogens with zero attached hydrogens (tertiary/aromatic N) is 1. The highest BCUT2D eigenvalue weighted by Crippen LogP contribution is 2.23. The van der Waals surface area contributed by atoms with Crippen molar-refractivity contribution < 1.29 is 14.3 Å². The number of nitrogen functional groups attached to an aromatic ring is 1. The smallest absolute Gasteiger partial charge is 0.337 e. The molecule has 0 aliphatic heterocycles. The van der Waals surface area contributed by atoms with Crippen LogP contribution in [-0.4, -0.2) is 38.6 Å². The molecule has 0 radical (unpaired) electrons. The number of carbonyl (C=O) groups is 2. The Labute approximate surface area is 118 Å². The number of nitrogens with one attached hydrogen (secondary N) is 1. The van der Waals surface area contributed by atoms with E-state index in [1.54, 1.807) is 24.1 Å². The number of amides is 1. The Hall–Kier alpha value is -2.24. The number of esters is 1. The SMILES string of the molecule is COC(=O)c1ccc(N(C)CC(=O)NC(C)C)c(N)c1. The van der Waals surface area contributed by atoms with Gasteiger partial charge in [0, 0.05) is 13.1 Å². The topological polar surface area (TPSA) is 84.7 Å². The number of methoxy groups -OCH3 is 1. The van der Waals surface area contributed by atoms with Crippen LogP contribution in [0.1, 0.15) is 24.2 Å². The van der Waals surface area contributed by atoms with E-state index in [0.717, 1.165) is 0 Å². The minimum Gasteiger partial charge on any atom is -0.465 e. The van der Waals surface area contributed by atoms with Gasteiger partial charge >= 0.3 is 5.97 Å². The second-order valence-electron chi connectivity index (χ2n) is 4.84. The van der Waals surface area contributed by atoms with E-state index < -0.39 is 5.97 Å². The largest absolute Gasteiger partial charge is 0.465 e. The van der Waals surface area contributed by atoms with Crippen LogP contribution in [0, 0.1) is 0 Å². The first-order valence-corrected chi connectivity index (χ1v) is 6.33. The molecule has 1 aromatic carbocycles. The van der Waals surface area contributed by atoms with Crippen molar-refractivity contribution in [1.82, 2.24) is 5.32 Å². The van der Waals surface area contributed by atoms with E-state index in [1.165, 1.54) is 13.2 Å². The highest BCUT2D eigenvalue weighted by molar-refractivity contribution is 5.92. The lowest BCUT2D eigenvalue weighted by atomic mass is 10.1. The van der Waals surface area contributed by atoms with Gasteiger partial charge in [0.2, 0.25) is 5.91 Å². The molecule has 3 N–H and O–H groups in total. The van der Waals surface area contributed by atoms with E-state index in [1.807, 2.05) is 13.8 Å². The highest BCUT2D eigenvalue weighted by atomic mass is 16.5. The lowest BCUT2D eigenvalue weighted by molar-refractivity contribution is -0.120. The first kappa shape index (κ1) is 15.8. The van der Waals surface area contributed by atoms with Crippen molar-refractivity contribution in [3.63, 3.8) is 0 Å². The summed E-state index contributed by atoms with van der Waals surface area (Å²) in [6, 6.07) is 4.95. The zero-order chi connectivity index (χ0) is 15.3. The van der Waals surface area contributed by atoms with E-state index in [4.69, 9.17) is 5.73 Å². The van der Waals surface area contributed by atoms with Gasteiger partial charge in [0.05, 0.1) is 30.6 Å². The zero-order valence-electron chi connectivity index (χ0n) is 12.3. The second-order valence-corrected chi connectivity index (χ2v) is 4.84. The Morgan fingerprint density at radius 1 is 1.40 bits per heavy atom. The summed E-state index contributed by atoms with van der Waals surface area (Å²) in [5.41, 5.74) is 7.41. The lowest BCUT2D eigenvalue weighted by Gasteiger charge is -2.21. The Balaban J connectivity index is 2.81. The molecule has 0 aliphatic carbocycles. The maximum Gasteiger partial charge on any atom is 0.337 e. The number of rotatable bonds is 5. The van der Waals surface area contributed by atoms with Crippen molar-refractivity contribution in [3.8, 4) is 0 Å². The predicted molar refractivity (Wildman–Crippen MR) is 78.7 cm³/mol. The average molecular weight is 279 g/mol. The predicted octanol–water partition coefficient (Wildman–Crippen LogP) is 1.02. The van der Waals surface area contributed by atoms with E-state index in [2.05, 4.69) is 10.1 Å². The maximum absolute atomic E-state index is 11.7. The first-order chi connectivity index (χ1) is 9.35. The number of likely N-dealkylation sites (N-methyl/N-ethyl adjacent to an activating group) is 1. The highest BCUT2D eigenvalue weighted by Gasteiger charge is 2.13. The minimum absolute atomic E-state index is 0.0843. The molecule has 1 aromatic rings. The van der Waals surface area contributed by atoms with Crippen molar-refractivity contribution in [2.45, 2.75) is 19.9 Å². The van der Waals surface area contributed by atoms with Crippen molar-refractivity contribution in [3.05, 3.63) is 23.8 Å². The molecule has 0 bridgehead atoms. The monoisotopic (exact) mass is 279 g/mol. The van der Waals surface area contributed by atoms with Crippen LogP contribution in [0.2, 0.25) is 0 Å². The van der Waals surface area contributed by atoms with Gasteiger partial charge in [0.15, 0.2) is 0 Å². The van der Waals surface area contributed by atoms with Crippen LogP contribution in [0.15, 0.2) is 18.2 Å². The zero-order valence-corrected chi connectivity index (χ0v) is 12.3. The molecule has 0 aliphatic rings. The van der Waals surface area contributed by atoms with Crippen LogP contribution < -0.4 is 16.0 Å².